The fourth-order valence-electron chi connectivity index (χ4n) is 2.01. The number of rotatable bonds is 5. The van der Waals surface area contributed by atoms with E-state index in [4.69, 9.17) is 0 Å². The largest absolute Gasteiger partial charge is 0.355 e. The topological polar surface area (TPSA) is 78.5 Å². The first-order valence-electron chi connectivity index (χ1n) is 7.16. The van der Waals surface area contributed by atoms with Gasteiger partial charge >= 0.3 is 0 Å². The van der Waals surface area contributed by atoms with Gasteiger partial charge in [-0.3, -0.25) is 14.4 Å². The Hall–Kier alpha value is -1.24. The molecule has 0 saturated carbocycles. The highest BCUT2D eigenvalue weighted by Crippen LogP contribution is 2.26. The van der Waals surface area contributed by atoms with E-state index in [-0.39, 0.29) is 29.7 Å². The van der Waals surface area contributed by atoms with Gasteiger partial charge in [0.15, 0.2) is 0 Å². The van der Waals surface area contributed by atoms with Crippen LogP contribution in [0.4, 0.5) is 0 Å². The van der Waals surface area contributed by atoms with Gasteiger partial charge in [0.05, 0.1) is 12.4 Å². The highest BCUT2D eigenvalue weighted by molar-refractivity contribution is 7.99. The van der Waals surface area contributed by atoms with Crippen molar-refractivity contribution in [3.05, 3.63) is 0 Å². The van der Waals surface area contributed by atoms with Gasteiger partial charge < -0.3 is 15.5 Å². The summed E-state index contributed by atoms with van der Waals surface area (Å²) < 4.78 is 0. The maximum Gasteiger partial charge on any atom is 0.244 e. The number of carbonyl (C=O) groups excluding carboxylic acids is 3. The fraction of sp³-hybridized carbons (Fsp3) is 0.786. The lowest BCUT2D eigenvalue weighted by Crippen LogP contribution is -2.49. The van der Waals surface area contributed by atoms with Crippen LogP contribution in [0.1, 0.15) is 34.1 Å². The smallest absolute Gasteiger partial charge is 0.244 e. The molecule has 1 atom stereocenters. The van der Waals surface area contributed by atoms with Gasteiger partial charge in [0.2, 0.25) is 17.7 Å². The van der Waals surface area contributed by atoms with Crippen molar-refractivity contribution in [3.63, 3.8) is 0 Å². The van der Waals surface area contributed by atoms with E-state index in [1.165, 1.54) is 0 Å². The van der Waals surface area contributed by atoms with Gasteiger partial charge in [-0.1, -0.05) is 20.8 Å². The minimum atomic E-state index is -0.473. The molecule has 0 aliphatic carbocycles. The van der Waals surface area contributed by atoms with Crippen molar-refractivity contribution in [2.24, 2.45) is 5.41 Å². The maximum absolute atomic E-state index is 12.3. The summed E-state index contributed by atoms with van der Waals surface area (Å²) in [6, 6.07) is -0.473. The Kier molecular flexibility index (Phi) is 6.51. The minimum absolute atomic E-state index is 0.00865. The molecule has 1 heterocycles. The van der Waals surface area contributed by atoms with Gasteiger partial charge in [0.1, 0.15) is 6.04 Å². The number of amides is 3. The monoisotopic (exact) mass is 315 g/mol. The molecule has 6 nitrogen and oxygen atoms in total. The molecule has 1 aliphatic heterocycles. The van der Waals surface area contributed by atoms with E-state index in [9.17, 15) is 14.4 Å². The van der Waals surface area contributed by atoms with E-state index < -0.39 is 6.04 Å². The van der Waals surface area contributed by atoms with Crippen LogP contribution in [0, 0.1) is 5.41 Å². The van der Waals surface area contributed by atoms with Crippen LogP contribution in [-0.4, -0.2) is 53.4 Å². The Bertz CT molecular complexity index is 407. The summed E-state index contributed by atoms with van der Waals surface area (Å²) in [4.78, 5) is 37.4. The molecule has 1 fully saturated rings. The predicted octanol–water partition coefficient (Wildman–Crippen LogP) is 0.576. The SMILES string of the molecule is CCNC(=O)CNC(=O)[C@@H]1CSCN1C(=O)CC(C)(C)C. The summed E-state index contributed by atoms with van der Waals surface area (Å²) in [5.41, 5.74) is -0.105. The highest BCUT2D eigenvalue weighted by atomic mass is 32.2. The van der Waals surface area contributed by atoms with E-state index >= 15 is 0 Å². The van der Waals surface area contributed by atoms with E-state index in [1.807, 2.05) is 27.7 Å². The second-order valence-corrected chi connectivity index (χ2v) is 7.29. The van der Waals surface area contributed by atoms with Crippen LogP contribution in [0.25, 0.3) is 0 Å². The van der Waals surface area contributed by atoms with Crippen LogP contribution in [0.3, 0.4) is 0 Å². The molecule has 0 bridgehead atoms. The number of hydrogen-bond acceptors (Lipinski definition) is 4. The molecule has 21 heavy (non-hydrogen) atoms. The number of hydrogen-bond donors (Lipinski definition) is 2. The molecule has 1 rings (SSSR count). The van der Waals surface area contributed by atoms with Crippen LogP contribution in [0.2, 0.25) is 0 Å². The molecule has 120 valence electrons. The molecule has 0 aromatic rings. The lowest BCUT2D eigenvalue weighted by molar-refractivity contribution is -0.139. The first-order chi connectivity index (χ1) is 9.74. The number of likely N-dealkylation sites (N-methyl/N-ethyl adjacent to an activating group) is 1. The molecule has 3 amide bonds. The molecule has 1 saturated heterocycles. The summed E-state index contributed by atoms with van der Waals surface area (Å²) in [6.45, 7) is 8.30. The Balaban J connectivity index is 2.54. The van der Waals surface area contributed by atoms with Crippen molar-refractivity contribution in [3.8, 4) is 0 Å². The summed E-state index contributed by atoms with van der Waals surface area (Å²) in [7, 11) is 0. The number of nitrogens with one attached hydrogen (secondary N) is 2. The lowest BCUT2D eigenvalue weighted by Gasteiger charge is -2.26. The zero-order valence-electron chi connectivity index (χ0n) is 13.2. The van der Waals surface area contributed by atoms with Crippen LogP contribution < -0.4 is 10.6 Å². The average molecular weight is 315 g/mol. The average Bonchev–Trinajstić information content (AvgIpc) is 2.83. The molecule has 1 aliphatic rings. The standard InChI is InChI=1S/C14H25N3O3S/c1-5-15-11(18)7-16-13(20)10-8-21-9-17(10)12(19)6-14(2,3)4/h10H,5-9H2,1-4H3,(H,15,18)(H,16,20)/t10-/m0/s1. The van der Waals surface area contributed by atoms with Crippen LogP contribution >= 0.6 is 11.8 Å². The van der Waals surface area contributed by atoms with E-state index in [2.05, 4.69) is 10.6 Å². The van der Waals surface area contributed by atoms with E-state index in [0.29, 0.717) is 24.6 Å². The van der Waals surface area contributed by atoms with Crippen molar-refractivity contribution in [1.82, 2.24) is 15.5 Å². The first-order valence-corrected chi connectivity index (χ1v) is 8.31. The van der Waals surface area contributed by atoms with E-state index in [0.717, 1.165) is 0 Å². The second-order valence-electron chi connectivity index (χ2n) is 6.29. The third-order valence-corrected chi connectivity index (χ3v) is 4.00. The van der Waals surface area contributed by atoms with Gasteiger partial charge in [-0.25, -0.2) is 0 Å². The van der Waals surface area contributed by atoms with Crippen molar-refractivity contribution in [2.75, 3.05) is 24.7 Å². The fourth-order valence-corrected chi connectivity index (χ4v) is 3.19. The van der Waals surface area contributed by atoms with Crippen LogP contribution in [0.15, 0.2) is 0 Å². The second kappa shape index (κ2) is 7.68. The van der Waals surface area contributed by atoms with Gasteiger partial charge in [0.25, 0.3) is 0 Å². The van der Waals surface area contributed by atoms with Crippen molar-refractivity contribution < 1.29 is 14.4 Å². The molecular weight excluding hydrogens is 290 g/mol. The summed E-state index contributed by atoms with van der Waals surface area (Å²) in [6.07, 6.45) is 0.410. The van der Waals surface area contributed by atoms with Crippen LogP contribution in [-0.2, 0) is 14.4 Å². The minimum Gasteiger partial charge on any atom is -0.355 e. The Morgan fingerprint density at radius 2 is 1.90 bits per heavy atom. The third kappa shape index (κ3) is 5.95. The van der Waals surface area contributed by atoms with Gasteiger partial charge in [-0.15, -0.1) is 11.8 Å². The molecule has 0 aromatic carbocycles. The molecule has 2 N–H and O–H groups in total. The molecule has 0 radical (unpaired) electrons. The summed E-state index contributed by atoms with van der Waals surface area (Å²) >= 11 is 1.56. The van der Waals surface area contributed by atoms with Crippen molar-refractivity contribution in [2.45, 2.75) is 40.2 Å². The van der Waals surface area contributed by atoms with E-state index in [1.54, 1.807) is 16.7 Å². The predicted molar refractivity (Wildman–Crippen MR) is 83.7 cm³/mol. The Morgan fingerprint density at radius 1 is 1.24 bits per heavy atom. The number of thioether (sulfide) groups is 1. The Morgan fingerprint density at radius 3 is 2.48 bits per heavy atom. The maximum atomic E-state index is 12.3. The first kappa shape index (κ1) is 17.8. The normalized spacial score (nSPS) is 18.5. The molecule has 0 spiro atoms. The van der Waals surface area contributed by atoms with Gasteiger partial charge in [0, 0.05) is 18.7 Å². The highest BCUT2D eigenvalue weighted by Gasteiger charge is 2.35. The Labute approximate surface area is 130 Å². The number of nitrogens with zero attached hydrogens (tertiary/aromatic N) is 1. The molecule has 7 heteroatoms. The molecule has 0 aromatic heterocycles. The number of carbonyl (C=O) groups is 3. The zero-order valence-corrected chi connectivity index (χ0v) is 14.0. The third-order valence-electron chi connectivity index (χ3n) is 2.98. The van der Waals surface area contributed by atoms with Crippen molar-refractivity contribution in [1.29, 1.82) is 0 Å². The zero-order chi connectivity index (χ0) is 16.0. The summed E-state index contributed by atoms with van der Waals surface area (Å²) in [5, 5.41) is 5.22. The quantitative estimate of drug-likeness (QED) is 0.778. The van der Waals surface area contributed by atoms with Gasteiger partial charge in [-0.2, -0.15) is 0 Å². The van der Waals surface area contributed by atoms with Gasteiger partial charge in [-0.05, 0) is 12.3 Å². The molecular formula is C14H25N3O3S. The lowest BCUT2D eigenvalue weighted by atomic mass is 9.91. The summed E-state index contributed by atoms with van der Waals surface area (Å²) in [5.74, 6) is 0.633. The van der Waals surface area contributed by atoms with Crippen LogP contribution in [0.5, 0.6) is 0 Å². The molecule has 0 unspecified atom stereocenters. The van der Waals surface area contributed by atoms with Crippen molar-refractivity contribution >= 4 is 29.5 Å².